The molecule has 3 rings (SSSR count). The smallest absolute Gasteiger partial charge is 0.417 e. The van der Waals surface area contributed by atoms with Gasteiger partial charge in [0.15, 0.2) is 0 Å². The lowest BCUT2D eigenvalue weighted by molar-refractivity contribution is -0.153. The van der Waals surface area contributed by atoms with E-state index < -0.39 is 29.1 Å². The number of nitrogens with zero attached hydrogens (tertiary/aromatic N) is 2. The molecule has 1 saturated heterocycles. The maximum Gasteiger partial charge on any atom is 0.417 e. The molecule has 0 aromatic heterocycles. The highest BCUT2D eigenvalue weighted by molar-refractivity contribution is 5.97. The average Bonchev–Trinajstić information content (AvgIpc) is 3.12. The van der Waals surface area contributed by atoms with E-state index in [4.69, 9.17) is 14.2 Å². The van der Waals surface area contributed by atoms with Gasteiger partial charge in [-0.2, -0.15) is 0 Å². The van der Waals surface area contributed by atoms with Gasteiger partial charge in [-0.05, 0) is 33.3 Å². The molecule has 2 heterocycles. The molecule has 1 aromatic carbocycles. The molecule has 2 amide bonds. The quantitative estimate of drug-likeness (QED) is 0.662. The van der Waals surface area contributed by atoms with E-state index in [1.165, 1.54) is 31.5 Å². The first-order valence-electron chi connectivity index (χ1n) is 10.4. The van der Waals surface area contributed by atoms with Crippen LogP contribution in [0.15, 0.2) is 54.4 Å². The van der Waals surface area contributed by atoms with E-state index in [1.54, 1.807) is 24.8 Å². The Kier molecular flexibility index (Phi) is 6.46. The van der Waals surface area contributed by atoms with Crippen molar-refractivity contribution in [3.8, 4) is 0 Å². The highest BCUT2D eigenvalue weighted by Gasteiger charge is 2.49. The lowest BCUT2D eigenvalue weighted by Gasteiger charge is -2.39. The molecule has 0 aliphatic carbocycles. The Morgan fingerprint density at radius 3 is 2.34 bits per heavy atom. The van der Waals surface area contributed by atoms with Gasteiger partial charge in [-0.3, -0.25) is 14.5 Å². The Morgan fingerprint density at radius 1 is 1.09 bits per heavy atom. The van der Waals surface area contributed by atoms with Crippen LogP contribution in [-0.2, 0) is 23.8 Å². The van der Waals surface area contributed by atoms with Crippen molar-refractivity contribution in [1.29, 1.82) is 0 Å². The molecule has 0 N–H and O–H groups in total. The van der Waals surface area contributed by atoms with Crippen molar-refractivity contribution in [2.75, 3.05) is 20.8 Å². The number of benzene rings is 1. The standard InChI is InChI=1S/C24H30N2O6/c1-23(2,21(28)30-5)18-12-13-25(22(29)31-6)14-17(18)20(27)26-19(15-32-24(26,3)4)16-10-8-7-9-11-16/h7-14,18-19H,15H2,1-6H3/t18-,19+/m0/s1. The molecule has 2 atom stereocenters. The molecule has 172 valence electrons. The van der Waals surface area contributed by atoms with Gasteiger partial charge in [0.2, 0.25) is 0 Å². The number of methoxy groups -OCH3 is 2. The van der Waals surface area contributed by atoms with E-state index in [-0.39, 0.29) is 17.5 Å². The molecule has 0 radical (unpaired) electrons. The highest BCUT2D eigenvalue weighted by atomic mass is 16.5. The first-order valence-corrected chi connectivity index (χ1v) is 10.4. The minimum atomic E-state index is -1.05. The molecule has 0 spiro atoms. The van der Waals surface area contributed by atoms with Crippen LogP contribution in [0, 0.1) is 11.3 Å². The van der Waals surface area contributed by atoms with Crippen molar-refractivity contribution >= 4 is 18.0 Å². The maximum absolute atomic E-state index is 14.0. The lowest BCUT2D eigenvalue weighted by Crippen LogP contribution is -2.49. The van der Waals surface area contributed by atoms with Gasteiger partial charge in [-0.15, -0.1) is 0 Å². The summed E-state index contributed by atoms with van der Waals surface area (Å²) >= 11 is 0. The van der Waals surface area contributed by atoms with Gasteiger partial charge in [0.05, 0.1) is 32.3 Å². The minimum Gasteiger partial charge on any atom is -0.469 e. The van der Waals surface area contributed by atoms with Gasteiger partial charge in [-0.25, -0.2) is 4.79 Å². The van der Waals surface area contributed by atoms with Crippen LogP contribution in [0.5, 0.6) is 0 Å². The molecular weight excluding hydrogens is 412 g/mol. The topological polar surface area (TPSA) is 85.4 Å². The molecular formula is C24H30N2O6. The molecule has 8 heteroatoms. The van der Waals surface area contributed by atoms with Gasteiger partial charge in [0, 0.05) is 23.9 Å². The Labute approximate surface area is 188 Å². The molecule has 0 unspecified atom stereocenters. The van der Waals surface area contributed by atoms with Crippen LogP contribution >= 0.6 is 0 Å². The van der Waals surface area contributed by atoms with Gasteiger partial charge in [0.1, 0.15) is 5.72 Å². The Hall–Kier alpha value is -3.13. The van der Waals surface area contributed by atoms with Crippen LogP contribution in [0.4, 0.5) is 4.79 Å². The predicted molar refractivity (Wildman–Crippen MR) is 117 cm³/mol. The van der Waals surface area contributed by atoms with Crippen molar-refractivity contribution in [2.24, 2.45) is 11.3 Å². The summed E-state index contributed by atoms with van der Waals surface area (Å²) < 4.78 is 15.8. The maximum atomic E-state index is 14.0. The molecule has 2 aliphatic rings. The molecule has 0 saturated carbocycles. The van der Waals surface area contributed by atoms with E-state index in [0.29, 0.717) is 6.61 Å². The molecule has 32 heavy (non-hydrogen) atoms. The summed E-state index contributed by atoms with van der Waals surface area (Å²) in [6.07, 6.45) is 3.94. The number of carbonyl (C=O) groups is 3. The van der Waals surface area contributed by atoms with Gasteiger partial charge in [-0.1, -0.05) is 36.4 Å². The number of hydrogen-bond acceptors (Lipinski definition) is 6. The van der Waals surface area contributed by atoms with Crippen molar-refractivity contribution < 1.29 is 28.6 Å². The number of esters is 1. The summed E-state index contributed by atoms with van der Waals surface area (Å²) in [7, 11) is 2.57. The number of allylic oxidation sites excluding steroid dienone is 1. The van der Waals surface area contributed by atoms with E-state index in [0.717, 1.165) is 5.56 Å². The Bertz CT molecular complexity index is 950. The second kappa shape index (κ2) is 8.78. The number of amides is 2. The number of carbonyl (C=O) groups excluding carboxylic acids is 3. The third kappa shape index (κ3) is 4.14. The van der Waals surface area contributed by atoms with Crippen molar-refractivity contribution in [1.82, 2.24) is 9.80 Å². The first kappa shape index (κ1) is 23.5. The fraction of sp³-hybridized carbons (Fsp3) is 0.458. The zero-order valence-electron chi connectivity index (χ0n) is 19.3. The monoisotopic (exact) mass is 442 g/mol. The third-order valence-corrected chi connectivity index (χ3v) is 6.06. The predicted octanol–water partition coefficient (Wildman–Crippen LogP) is 3.62. The van der Waals surface area contributed by atoms with Crippen molar-refractivity contribution in [3.63, 3.8) is 0 Å². The average molecular weight is 443 g/mol. The summed E-state index contributed by atoms with van der Waals surface area (Å²) in [4.78, 5) is 41.7. The highest BCUT2D eigenvalue weighted by Crippen LogP contribution is 2.43. The lowest BCUT2D eigenvalue weighted by atomic mass is 9.73. The number of hydrogen-bond donors (Lipinski definition) is 0. The second-order valence-electron chi connectivity index (χ2n) is 8.85. The molecule has 8 nitrogen and oxygen atoms in total. The summed E-state index contributed by atoms with van der Waals surface area (Å²) in [5.74, 6) is -1.42. The zero-order chi connectivity index (χ0) is 23.7. The number of ether oxygens (including phenoxy) is 3. The Balaban J connectivity index is 2.08. The zero-order valence-corrected chi connectivity index (χ0v) is 19.3. The minimum absolute atomic E-state index is 0.271. The van der Waals surface area contributed by atoms with Gasteiger partial charge in [0.25, 0.3) is 5.91 Å². The normalized spacial score (nSPS) is 22.4. The van der Waals surface area contributed by atoms with Crippen LogP contribution < -0.4 is 0 Å². The molecule has 2 aliphatic heterocycles. The Morgan fingerprint density at radius 2 is 1.75 bits per heavy atom. The van der Waals surface area contributed by atoms with E-state index in [9.17, 15) is 14.4 Å². The van der Waals surface area contributed by atoms with E-state index >= 15 is 0 Å². The fourth-order valence-electron chi connectivity index (χ4n) is 4.23. The van der Waals surface area contributed by atoms with Crippen molar-refractivity contribution in [3.05, 3.63) is 59.9 Å². The summed E-state index contributed by atoms with van der Waals surface area (Å²) in [5.41, 5.74) is -0.739. The fourth-order valence-corrected chi connectivity index (χ4v) is 4.23. The largest absolute Gasteiger partial charge is 0.469 e. The van der Waals surface area contributed by atoms with E-state index in [2.05, 4.69) is 0 Å². The third-order valence-electron chi connectivity index (χ3n) is 6.06. The summed E-state index contributed by atoms with van der Waals surface area (Å²) in [5, 5.41) is 0. The summed E-state index contributed by atoms with van der Waals surface area (Å²) in [6.45, 7) is 7.40. The number of rotatable bonds is 4. The SMILES string of the molecule is COC(=O)N1C=C[C@H](C(C)(C)C(=O)OC)C(C(=O)N2[C@@H](c3ccccc3)COC2(C)C)=C1. The first-order chi connectivity index (χ1) is 15.0. The van der Waals surface area contributed by atoms with Gasteiger partial charge >= 0.3 is 12.1 Å². The second-order valence-corrected chi connectivity index (χ2v) is 8.85. The van der Waals surface area contributed by atoms with E-state index in [1.807, 2.05) is 44.2 Å². The van der Waals surface area contributed by atoms with Gasteiger partial charge < -0.3 is 19.1 Å². The van der Waals surface area contributed by atoms with Crippen LogP contribution in [0.1, 0.15) is 39.3 Å². The van der Waals surface area contributed by atoms with Crippen LogP contribution in [-0.4, -0.2) is 54.3 Å². The van der Waals surface area contributed by atoms with Crippen LogP contribution in [0.25, 0.3) is 0 Å². The molecule has 1 aromatic rings. The molecule has 0 bridgehead atoms. The van der Waals surface area contributed by atoms with Crippen LogP contribution in [0.2, 0.25) is 0 Å². The van der Waals surface area contributed by atoms with Crippen molar-refractivity contribution in [2.45, 2.75) is 39.5 Å². The van der Waals surface area contributed by atoms with Crippen LogP contribution in [0.3, 0.4) is 0 Å². The molecule has 1 fully saturated rings. The summed E-state index contributed by atoms with van der Waals surface area (Å²) in [6, 6.07) is 9.30.